The zero-order valence-corrected chi connectivity index (χ0v) is 13.1. The fraction of sp³-hybridized carbons (Fsp3) is 0.800. The summed E-state index contributed by atoms with van der Waals surface area (Å²) in [6.07, 6.45) is 6.28. The predicted molar refractivity (Wildman–Crippen MR) is 79.9 cm³/mol. The Kier molecular flexibility index (Phi) is 4.52. The third-order valence-electron chi connectivity index (χ3n) is 4.60. The summed E-state index contributed by atoms with van der Waals surface area (Å²) in [5.41, 5.74) is 4.06. The molecule has 1 aromatic rings. The third kappa shape index (κ3) is 3.05. The van der Waals surface area contributed by atoms with E-state index in [9.17, 15) is 0 Å². The van der Waals surface area contributed by atoms with Gasteiger partial charge in [0.05, 0.1) is 17.3 Å². The van der Waals surface area contributed by atoms with Crippen LogP contribution in [0.1, 0.15) is 58.2 Å². The van der Waals surface area contributed by atoms with Gasteiger partial charge in [-0.25, -0.2) is 5.43 Å². The fourth-order valence-corrected chi connectivity index (χ4v) is 3.25. The van der Waals surface area contributed by atoms with Gasteiger partial charge >= 0.3 is 0 Å². The molecule has 1 aliphatic carbocycles. The molecular weight excluding hydrogens is 252 g/mol. The minimum Gasteiger partial charge on any atom is -0.373 e. The molecule has 1 fully saturated rings. The summed E-state index contributed by atoms with van der Waals surface area (Å²) in [7, 11) is 1.93. The molecule has 1 aromatic heterocycles. The van der Waals surface area contributed by atoms with E-state index in [0.29, 0.717) is 12.0 Å². The van der Waals surface area contributed by atoms with Gasteiger partial charge in [-0.05, 0) is 44.1 Å². The first kappa shape index (κ1) is 15.5. The standard InChI is InChI=1S/C15H28N4O/c1-5-20-15(9-7-14(2,3)8-10-15)13(17-16)12-6-11-19(4)18-12/h6,11,13,17H,5,7-10,16H2,1-4H3. The molecule has 0 amide bonds. The Morgan fingerprint density at radius 3 is 2.50 bits per heavy atom. The smallest absolute Gasteiger partial charge is 0.0939 e. The lowest BCUT2D eigenvalue weighted by Gasteiger charge is -2.46. The van der Waals surface area contributed by atoms with Crippen LogP contribution in [0.25, 0.3) is 0 Å². The molecule has 20 heavy (non-hydrogen) atoms. The van der Waals surface area contributed by atoms with Crippen LogP contribution in [0.4, 0.5) is 0 Å². The van der Waals surface area contributed by atoms with Crippen molar-refractivity contribution >= 4 is 0 Å². The number of nitrogens with two attached hydrogens (primary N) is 1. The zero-order chi connectivity index (χ0) is 14.8. The van der Waals surface area contributed by atoms with Gasteiger partial charge in [0.15, 0.2) is 0 Å². The molecule has 0 saturated heterocycles. The highest BCUT2D eigenvalue weighted by molar-refractivity contribution is 5.13. The quantitative estimate of drug-likeness (QED) is 0.641. The number of ether oxygens (including phenoxy) is 1. The van der Waals surface area contributed by atoms with Gasteiger partial charge < -0.3 is 4.74 Å². The zero-order valence-electron chi connectivity index (χ0n) is 13.1. The molecule has 1 heterocycles. The average molecular weight is 280 g/mol. The van der Waals surface area contributed by atoms with Crippen LogP contribution in [0.3, 0.4) is 0 Å². The van der Waals surface area contributed by atoms with Crippen molar-refractivity contribution in [1.29, 1.82) is 0 Å². The number of aryl methyl sites for hydroxylation is 1. The Morgan fingerprint density at radius 2 is 2.05 bits per heavy atom. The highest BCUT2D eigenvalue weighted by Gasteiger charge is 2.45. The topological polar surface area (TPSA) is 65.1 Å². The normalized spacial score (nSPS) is 22.6. The van der Waals surface area contributed by atoms with Crippen molar-refractivity contribution in [2.24, 2.45) is 18.3 Å². The van der Waals surface area contributed by atoms with Crippen molar-refractivity contribution in [1.82, 2.24) is 15.2 Å². The average Bonchev–Trinajstić information content (AvgIpc) is 2.81. The molecule has 114 valence electrons. The van der Waals surface area contributed by atoms with E-state index >= 15 is 0 Å². The summed E-state index contributed by atoms with van der Waals surface area (Å²) >= 11 is 0. The lowest BCUT2D eigenvalue weighted by Crippen LogP contribution is -2.51. The molecule has 1 atom stereocenters. The molecule has 2 rings (SSSR count). The third-order valence-corrected chi connectivity index (χ3v) is 4.60. The molecule has 1 saturated carbocycles. The molecule has 5 heteroatoms. The minimum atomic E-state index is -0.243. The fourth-order valence-electron chi connectivity index (χ4n) is 3.25. The number of hydrogen-bond acceptors (Lipinski definition) is 4. The van der Waals surface area contributed by atoms with Crippen LogP contribution in [0, 0.1) is 5.41 Å². The number of hydrazine groups is 1. The van der Waals surface area contributed by atoms with Gasteiger partial charge in [0.2, 0.25) is 0 Å². The number of nitrogens with zero attached hydrogens (tertiary/aromatic N) is 2. The van der Waals surface area contributed by atoms with E-state index in [1.54, 1.807) is 0 Å². The molecule has 0 aromatic carbocycles. The molecule has 0 aliphatic heterocycles. The first-order valence-corrected chi connectivity index (χ1v) is 7.52. The van der Waals surface area contributed by atoms with Crippen molar-refractivity contribution in [3.05, 3.63) is 18.0 Å². The van der Waals surface area contributed by atoms with Crippen LogP contribution < -0.4 is 11.3 Å². The summed E-state index contributed by atoms with van der Waals surface area (Å²) in [6, 6.07) is 1.96. The maximum absolute atomic E-state index is 6.19. The van der Waals surface area contributed by atoms with Crippen molar-refractivity contribution < 1.29 is 4.74 Å². The number of aromatic nitrogens is 2. The Balaban J connectivity index is 2.26. The minimum absolute atomic E-state index is 0.0558. The van der Waals surface area contributed by atoms with E-state index in [-0.39, 0.29) is 11.6 Å². The van der Waals surface area contributed by atoms with Crippen LogP contribution >= 0.6 is 0 Å². The lowest BCUT2D eigenvalue weighted by atomic mass is 9.68. The summed E-state index contributed by atoms with van der Waals surface area (Å²) in [6.45, 7) is 7.40. The first-order valence-electron chi connectivity index (χ1n) is 7.52. The Labute approximate surface area is 121 Å². The molecule has 0 bridgehead atoms. The van der Waals surface area contributed by atoms with Gasteiger partial charge in [0, 0.05) is 19.9 Å². The molecule has 1 aliphatic rings. The van der Waals surface area contributed by atoms with Crippen LogP contribution in [0.5, 0.6) is 0 Å². The predicted octanol–water partition coefficient (Wildman–Crippen LogP) is 2.30. The van der Waals surface area contributed by atoms with Crippen molar-refractivity contribution in [2.75, 3.05) is 6.61 Å². The van der Waals surface area contributed by atoms with Crippen LogP contribution in [-0.2, 0) is 11.8 Å². The molecule has 3 N–H and O–H groups in total. The van der Waals surface area contributed by atoms with Crippen molar-refractivity contribution in [2.45, 2.75) is 58.1 Å². The molecule has 5 nitrogen and oxygen atoms in total. The van der Waals surface area contributed by atoms with E-state index in [0.717, 1.165) is 31.4 Å². The van der Waals surface area contributed by atoms with E-state index in [1.165, 1.54) is 0 Å². The van der Waals surface area contributed by atoms with Crippen LogP contribution in [0.2, 0.25) is 0 Å². The number of nitrogens with one attached hydrogen (secondary N) is 1. The highest BCUT2D eigenvalue weighted by atomic mass is 16.5. The summed E-state index contributed by atoms with van der Waals surface area (Å²) in [5.74, 6) is 5.85. The molecule has 0 radical (unpaired) electrons. The van der Waals surface area contributed by atoms with Crippen LogP contribution in [-0.4, -0.2) is 22.0 Å². The Bertz CT molecular complexity index is 431. The molecule has 1 unspecified atom stereocenters. The lowest BCUT2D eigenvalue weighted by molar-refractivity contribution is -0.108. The maximum atomic E-state index is 6.19. The van der Waals surface area contributed by atoms with E-state index in [4.69, 9.17) is 10.6 Å². The molecule has 0 spiro atoms. The number of hydrogen-bond donors (Lipinski definition) is 2. The van der Waals surface area contributed by atoms with Gasteiger partial charge in [-0.1, -0.05) is 13.8 Å². The second kappa shape index (κ2) is 5.84. The van der Waals surface area contributed by atoms with E-state index in [2.05, 4.69) is 24.4 Å². The van der Waals surface area contributed by atoms with Crippen molar-refractivity contribution in [3.63, 3.8) is 0 Å². The number of rotatable bonds is 5. The largest absolute Gasteiger partial charge is 0.373 e. The Hall–Kier alpha value is -0.910. The monoisotopic (exact) mass is 280 g/mol. The first-order chi connectivity index (χ1) is 9.42. The van der Waals surface area contributed by atoms with Crippen LogP contribution in [0.15, 0.2) is 12.3 Å². The second-order valence-electron chi connectivity index (χ2n) is 6.68. The van der Waals surface area contributed by atoms with Gasteiger partial charge in [-0.15, -0.1) is 0 Å². The SMILES string of the molecule is CCOC1(C(NN)c2ccn(C)n2)CCC(C)(C)CC1. The van der Waals surface area contributed by atoms with Gasteiger partial charge in [0.25, 0.3) is 0 Å². The van der Waals surface area contributed by atoms with Gasteiger partial charge in [-0.2, -0.15) is 5.10 Å². The summed E-state index contributed by atoms with van der Waals surface area (Å²) < 4.78 is 8.00. The van der Waals surface area contributed by atoms with E-state index < -0.39 is 0 Å². The van der Waals surface area contributed by atoms with E-state index in [1.807, 2.05) is 30.9 Å². The second-order valence-corrected chi connectivity index (χ2v) is 6.68. The summed E-state index contributed by atoms with van der Waals surface area (Å²) in [4.78, 5) is 0. The van der Waals surface area contributed by atoms with Gasteiger partial charge in [-0.3, -0.25) is 10.5 Å². The van der Waals surface area contributed by atoms with Crippen molar-refractivity contribution in [3.8, 4) is 0 Å². The molecular formula is C15H28N4O. The maximum Gasteiger partial charge on any atom is 0.0939 e. The summed E-state index contributed by atoms with van der Waals surface area (Å²) in [5, 5.41) is 4.51. The highest BCUT2D eigenvalue weighted by Crippen LogP contribution is 2.47. The Morgan fingerprint density at radius 1 is 1.40 bits per heavy atom. The van der Waals surface area contributed by atoms with Gasteiger partial charge in [0.1, 0.15) is 0 Å².